The number of amides is 3. The molecule has 0 saturated heterocycles. The Kier molecular flexibility index (Phi) is 5.06. The molecule has 0 fully saturated rings. The van der Waals surface area contributed by atoms with Crippen LogP contribution in [0.1, 0.15) is 12.7 Å². The van der Waals surface area contributed by atoms with Gasteiger partial charge in [0.25, 0.3) is 0 Å². The molecule has 0 atom stereocenters. The van der Waals surface area contributed by atoms with Crippen molar-refractivity contribution in [3.8, 4) is 0 Å². The lowest BCUT2D eigenvalue weighted by atomic mass is 10.4. The van der Waals surface area contributed by atoms with Crippen molar-refractivity contribution >= 4 is 11.9 Å². The first-order valence-electron chi connectivity index (χ1n) is 5.41. The number of nitrogens with one attached hydrogen (secondary N) is 2. The van der Waals surface area contributed by atoms with Gasteiger partial charge < -0.3 is 20.0 Å². The zero-order valence-corrected chi connectivity index (χ0v) is 10.0. The molecule has 17 heavy (non-hydrogen) atoms. The largest absolute Gasteiger partial charge is 0.467 e. The van der Waals surface area contributed by atoms with E-state index in [2.05, 4.69) is 10.6 Å². The zero-order chi connectivity index (χ0) is 12.7. The summed E-state index contributed by atoms with van der Waals surface area (Å²) in [6, 6.07) is 3.12. The van der Waals surface area contributed by atoms with Crippen LogP contribution in [0, 0.1) is 0 Å². The summed E-state index contributed by atoms with van der Waals surface area (Å²) in [7, 11) is 1.69. The molecule has 1 heterocycles. The van der Waals surface area contributed by atoms with Gasteiger partial charge in [-0.3, -0.25) is 4.79 Å². The Morgan fingerprint density at radius 3 is 2.76 bits per heavy atom. The van der Waals surface area contributed by atoms with Crippen molar-refractivity contribution in [2.45, 2.75) is 13.5 Å². The van der Waals surface area contributed by atoms with Crippen LogP contribution in [0.25, 0.3) is 0 Å². The highest BCUT2D eigenvalue weighted by atomic mass is 16.3. The normalized spacial score (nSPS) is 9.76. The maximum Gasteiger partial charge on any atom is 0.315 e. The minimum Gasteiger partial charge on any atom is -0.467 e. The van der Waals surface area contributed by atoms with Crippen molar-refractivity contribution in [2.24, 2.45) is 0 Å². The quantitative estimate of drug-likeness (QED) is 0.788. The van der Waals surface area contributed by atoms with Gasteiger partial charge >= 0.3 is 6.03 Å². The Hall–Kier alpha value is -1.98. The highest BCUT2D eigenvalue weighted by molar-refractivity contribution is 5.83. The van der Waals surface area contributed by atoms with Crippen LogP contribution in [0.3, 0.4) is 0 Å². The van der Waals surface area contributed by atoms with Crippen LogP contribution >= 0.6 is 0 Å². The third-order valence-corrected chi connectivity index (χ3v) is 2.30. The van der Waals surface area contributed by atoms with Crippen LogP contribution in [0.15, 0.2) is 22.8 Å². The Morgan fingerprint density at radius 1 is 1.41 bits per heavy atom. The third-order valence-electron chi connectivity index (χ3n) is 2.30. The maximum absolute atomic E-state index is 11.4. The molecule has 1 rings (SSSR count). The average Bonchev–Trinajstić information content (AvgIpc) is 2.85. The standard InChI is InChI=1S/C11H17N3O3/c1-3-14(2)10(15)8-13-11(16)12-7-9-5-4-6-17-9/h4-6H,3,7-8H2,1-2H3,(H2,12,13,16). The molecule has 94 valence electrons. The van der Waals surface area contributed by atoms with E-state index in [0.29, 0.717) is 18.8 Å². The molecule has 0 bridgehead atoms. The summed E-state index contributed by atoms with van der Waals surface area (Å²) in [4.78, 5) is 24.2. The van der Waals surface area contributed by atoms with Gasteiger partial charge in [-0.2, -0.15) is 0 Å². The first kappa shape index (κ1) is 13.1. The van der Waals surface area contributed by atoms with Crippen molar-refractivity contribution in [1.82, 2.24) is 15.5 Å². The summed E-state index contributed by atoms with van der Waals surface area (Å²) in [5.41, 5.74) is 0. The molecule has 0 aliphatic carbocycles. The Morgan fingerprint density at radius 2 is 2.18 bits per heavy atom. The van der Waals surface area contributed by atoms with E-state index >= 15 is 0 Å². The smallest absolute Gasteiger partial charge is 0.315 e. The summed E-state index contributed by atoms with van der Waals surface area (Å²) in [5.74, 6) is 0.540. The minimum atomic E-state index is -0.390. The molecule has 6 heteroatoms. The van der Waals surface area contributed by atoms with E-state index < -0.39 is 0 Å². The summed E-state index contributed by atoms with van der Waals surface area (Å²) in [5, 5.41) is 5.06. The average molecular weight is 239 g/mol. The van der Waals surface area contributed by atoms with E-state index in [1.165, 1.54) is 11.2 Å². The van der Waals surface area contributed by atoms with Gasteiger partial charge in [0.2, 0.25) is 5.91 Å². The van der Waals surface area contributed by atoms with Crippen LogP contribution in [0.4, 0.5) is 4.79 Å². The lowest BCUT2D eigenvalue weighted by molar-refractivity contribution is -0.128. The SMILES string of the molecule is CCN(C)C(=O)CNC(=O)NCc1ccco1. The van der Waals surface area contributed by atoms with Crippen LogP contribution in [-0.2, 0) is 11.3 Å². The van der Waals surface area contributed by atoms with Crippen molar-refractivity contribution in [2.75, 3.05) is 20.1 Å². The van der Waals surface area contributed by atoms with Crippen LogP contribution < -0.4 is 10.6 Å². The van der Waals surface area contributed by atoms with Crippen LogP contribution in [0.5, 0.6) is 0 Å². The van der Waals surface area contributed by atoms with Gasteiger partial charge in [-0.1, -0.05) is 0 Å². The molecule has 1 aromatic heterocycles. The highest BCUT2D eigenvalue weighted by Crippen LogP contribution is 1.97. The van der Waals surface area contributed by atoms with E-state index in [1.54, 1.807) is 19.2 Å². The van der Waals surface area contributed by atoms with Crippen molar-refractivity contribution < 1.29 is 14.0 Å². The molecule has 0 unspecified atom stereocenters. The predicted octanol–water partition coefficient (Wildman–Crippen LogP) is 0.557. The van der Waals surface area contributed by atoms with Gasteiger partial charge in [0.1, 0.15) is 5.76 Å². The number of hydrogen-bond acceptors (Lipinski definition) is 3. The van der Waals surface area contributed by atoms with Gasteiger partial charge in [0.05, 0.1) is 19.4 Å². The molecule has 1 aromatic rings. The number of furan rings is 1. The van der Waals surface area contributed by atoms with E-state index in [-0.39, 0.29) is 18.5 Å². The van der Waals surface area contributed by atoms with Gasteiger partial charge in [0.15, 0.2) is 0 Å². The first-order valence-corrected chi connectivity index (χ1v) is 5.41. The van der Waals surface area contributed by atoms with Gasteiger partial charge in [-0.05, 0) is 19.1 Å². The van der Waals surface area contributed by atoms with Crippen LogP contribution in [0.2, 0.25) is 0 Å². The molecule has 0 saturated carbocycles. The molecular formula is C11H17N3O3. The lowest BCUT2D eigenvalue weighted by Crippen LogP contribution is -2.42. The fourth-order valence-corrected chi connectivity index (χ4v) is 1.11. The zero-order valence-electron chi connectivity index (χ0n) is 10.0. The van der Waals surface area contributed by atoms with Crippen molar-refractivity contribution in [1.29, 1.82) is 0 Å². The molecule has 6 nitrogen and oxygen atoms in total. The van der Waals surface area contributed by atoms with E-state index in [4.69, 9.17) is 4.42 Å². The molecule has 0 aliphatic heterocycles. The summed E-state index contributed by atoms with van der Waals surface area (Å²) in [6.45, 7) is 2.79. The highest BCUT2D eigenvalue weighted by Gasteiger charge is 2.08. The van der Waals surface area contributed by atoms with Crippen LogP contribution in [-0.4, -0.2) is 37.0 Å². The minimum absolute atomic E-state index is 0.00563. The first-order chi connectivity index (χ1) is 8.13. The van der Waals surface area contributed by atoms with Crippen molar-refractivity contribution in [3.63, 3.8) is 0 Å². The number of urea groups is 1. The Balaban J connectivity index is 2.19. The molecule has 3 amide bonds. The molecule has 0 spiro atoms. The lowest BCUT2D eigenvalue weighted by Gasteiger charge is -2.14. The number of carbonyl (C=O) groups excluding carboxylic acids is 2. The predicted molar refractivity (Wildman–Crippen MR) is 62.3 cm³/mol. The molecule has 2 N–H and O–H groups in total. The Bertz CT molecular complexity index is 362. The molecule has 0 aliphatic rings. The Labute approximate surface area is 100.0 Å². The number of nitrogens with zero attached hydrogens (tertiary/aromatic N) is 1. The fraction of sp³-hybridized carbons (Fsp3) is 0.455. The van der Waals surface area contributed by atoms with Gasteiger partial charge in [0, 0.05) is 13.6 Å². The number of carbonyl (C=O) groups is 2. The second kappa shape index (κ2) is 6.57. The monoisotopic (exact) mass is 239 g/mol. The third kappa shape index (κ3) is 4.58. The second-order valence-electron chi connectivity index (χ2n) is 3.52. The maximum atomic E-state index is 11.4. The molecule has 0 aromatic carbocycles. The topological polar surface area (TPSA) is 74.6 Å². The number of rotatable bonds is 5. The molecule has 0 radical (unpaired) electrons. The fourth-order valence-electron chi connectivity index (χ4n) is 1.11. The summed E-state index contributed by atoms with van der Waals surface area (Å²) < 4.78 is 5.05. The number of hydrogen-bond donors (Lipinski definition) is 2. The van der Waals surface area contributed by atoms with E-state index in [0.717, 1.165) is 0 Å². The number of likely N-dealkylation sites (N-methyl/N-ethyl adjacent to an activating group) is 1. The van der Waals surface area contributed by atoms with E-state index in [1.807, 2.05) is 6.92 Å². The van der Waals surface area contributed by atoms with Gasteiger partial charge in [-0.15, -0.1) is 0 Å². The van der Waals surface area contributed by atoms with Gasteiger partial charge in [-0.25, -0.2) is 4.79 Å². The van der Waals surface area contributed by atoms with E-state index in [9.17, 15) is 9.59 Å². The second-order valence-corrected chi connectivity index (χ2v) is 3.52. The summed E-state index contributed by atoms with van der Waals surface area (Å²) in [6.07, 6.45) is 1.54. The van der Waals surface area contributed by atoms with Crippen molar-refractivity contribution in [3.05, 3.63) is 24.2 Å². The summed E-state index contributed by atoms with van der Waals surface area (Å²) >= 11 is 0. The molecular weight excluding hydrogens is 222 g/mol.